The van der Waals surface area contributed by atoms with Gasteiger partial charge in [0.25, 0.3) is 0 Å². The van der Waals surface area contributed by atoms with E-state index in [2.05, 4.69) is 20.6 Å². The first kappa shape index (κ1) is 18.6. The molecule has 1 saturated heterocycles. The van der Waals surface area contributed by atoms with Gasteiger partial charge in [-0.15, -0.1) is 0 Å². The van der Waals surface area contributed by atoms with Crippen molar-refractivity contribution in [2.75, 3.05) is 26.2 Å². The number of likely N-dealkylation sites (tertiary alicyclic amines) is 1. The van der Waals surface area contributed by atoms with Crippen molar-refractivity contribution in [3.05, 3.63) is 53.4 Å². The van der Waals surface area contributed by atoms with Crippen molar-refractivity contribution in [3.8, 4) is 0 Å². The topological polar surface area (TPSA) is 90.1 Å². The summed E-state index contributed by atoms with van der Waals surface area (Å²) in [4.78, 5) is 34.0. The maximum atomic E-state index is 12.9. The summed E-state index contributed by atoms with van der Waals surface area (Å²) in [6, 6.07) is 5.78. The van der Waals surface area contributed by atoms with Crippen LogP contribution < -0.4 is 10.6 Å². The van der Waals surface area contributed by atoms with Gasteiger partial charge in [-0.05, 0) is 30.5 Å². The number of H-pyrrole nitrogens is 1. The Bertz CT molecular complexity index is 856. The number of carbonyl (C=O) groups excluding carboxylic acids is 2. The van der Waals surface area contributed by atoms with Crippen LogP contribution in [0.1, 0.15) is 29.8 Å². The number of carbonyl (C=O) groups is 2. The molecule has 2 aliphatic rings. The molecule has 2 aromatic rings. The minimum Gasteiger partial charge on any atom is -0.348 e. The van der Waals surface area contributed by atoms with Crippen molar-refractivity contribution >= 4 is 11.8 Å². The van der Waals surface area contributed by atoms with Crippen LogP contribution in [0, 0.1) is 5.82 Å². The Morgan fingerprint density at radius 2 is 1.96 bits per heavy atom. The second-order valence-electron chi connectivity index (χ2n) is 7.45. The third-order valence-electron chi connectivity index (χ3n) is 5.69. The second kappa shape index (κ2) is 7.71. The van der Waals surface area contributed by atoms with E-state index in [-0.39, 0.29) is 36.1 Å². The highest BCUT2D eigenvalue weighted by Crippen LogP contribution is 2.35. The summed E-state index contributed by atoms with van der Waals surface area (Å²) in [6.07, 6.45) is 4.43. The largest absolute Gasteiger partial charge is 0.348 e. The van der Waals surface area contributed by atoms with Crippen molar-refractivity contribution in [1.82, 2.24) is 25.5 Å². The third kappa shape index (κ3) is 3.77. The van der Waals surface area contributed by atoms with E-state index < -0.39 is 0 Å². The number of halogens is 1. The Morgan fingerprint density at radius 1 is 1.21 bits per heavy atom. The number of amides is 2. The van der Waals surface area contributed by atoms with Crippen LogP contribution in [0.15, 0.2) is 30.6 Å². The number of rotatable bonds is 4. The highest BCUT2D eigenvalue weighted by atomic mass is 19.1. The molecule has 1 spiro atoms. The predicted octanol–water partition coefficient (Wildman–Crippen LogP) is 0.871. The van der Waals surface area contributed by atoms with Gasteiger partial charge in [-0.2, -0.15) is 0 Å². The molecule has 0 aliphatic carbocycles. The van der Waals surface area contributed by atoms with E-state index in [4.69, 9.17) is 0 Å². The molecule has 7 nitrogen and oxygen atoms in total. The van der Waals surface area contributed by atoms with E-state index in [1.807, 2.05) is 0 Å². The smallest absolute Gasteiger partial charge is 0.241 e. The average Bonchev–Trinajstić information content (AvgIpc) is 3.19. The van der Waals surface area contributed by atoms with Gasteiger partial charge in [-0.25, -0.2) is 9.37 Å². The molecule has 8 heteroatoms. The van der Waals surface area contributed by atoms with Gasteiger partial charge in [-0.3, -0.25) is 9.59 Å². The van der Waals surface area contributed by atoms with Gasteiger partial charge < -0.3 is 20.5 Å². The number of hydrogen-bond acceptors (Lipinski definition) is 4. The molecule has 0 radical (unpaired) electrons. The Labute approximate surface area is 162 Å². The van der Waals surface area contributed by atoms with Crippen LogP contribution in [0.4, 0.5) is 4.39 Å². The normalized spacial score (nSPS) is 18.0. The molecule has 0 bridgehead atoms. The number of fused-ring (bicyclic) bond motifs is 2. The van der Waals surface area contributed by atoms with Crippen molar-refractivity contribution in [2.45, 2.75) is 31.2 Å². The van der Waals surface area contributed by atoms with E-state index in [1.54, 1.807) is 23.4 Å². The number of aromatic amines is 1. The lowest BCUT2D eigenvalue weighted by atomic mass is 9.80. The first-order chi connectivity index (χ1) is 13.6. The molecule has 3 heterocycles. The van der Waals surface area contributed by atoms with Crippen LogP contribution in [-0.4, -0.2) is 52.9 Å². The van der Waals surface area contributed by atoms with Crippen LogP contribution in [0.25, 0.3) is 0 Å². The number of benzene rings is 1. The summed E-state index contributed by atoms with van der Waals surface area (Å²) in [7, 11) is 0. The van der Waals surface area contributed by atoms with Crippen LogP contribution in [-0.2, 0) is 28.0 Å². The quantitative estimate of drug-likeness (QED) is 0.729. The fourth-order valence-corrected chi connectivity index (χ4v) is 4.12. The Balaban J connectivity index is 1.27. The zero-order chi connectivity index (χ0) is 19.6. The first-order valence-corrected chi connectivity index (χ1v) is 9.62. The van der Waals surface area contributed by atoms with Gasteiger partial charge in [-0.1, -0.05) is 12.1 Å². The van der Waals surface area contributed by atoms with Crippen LogP contribution in [0.5, 0.6) is 0 Å². The molecule has 4 rings (SSSR count). The van der Waals surface area contributed by atoms with E-state index in [9.17, 15) is 14.0 Å². The molecular weight excluding hydrogens is 361 g/mol. The number of nitrogens with one attached hydrogen (secondary N) is 3. The van der Waals surface area contributed by atoms with Crippen molar-refractivity contribution in [3.63, 3.8) is 0 Å². The zero-order valence-corrected chi connectivity index (χ0v) is 15.6. The molecule has 2 aliphatic heterocycles. The van der Waals surface area contributed by atoms with Gasteiger partial charge in [0.2, 0.25) is 11.8 Å². The van der Waals surface area contributed by atoms with Crippen LogP contribution >= 0.6 is 0 Å². The Hall–Kier alpha value is -2.74. The van der Waals surface area contributed by atoms with Crippen molar-refractivity contribution < 1.29 is 14.0 Å². The number of hydrogen-bond donors (Lipinski definition) is 3. The first-order valence-electron chi connectivity index (χ1n) is 9.62. The summed E-state index contributed by atoms with van der Waals surface area (Å²) < 4.78 is 12.9. The van der Waals surface area contributed by atoms with E-state index in [1.165, 1.54) is 17.8 Å². The SMILES string of the molecule is O=C(Cc1ccc(F)cc1)NCC(=O)N1CCC2(CC1)NCCc1[nH]cnc12. The average molecular weight is 385 g/mol. The van der Waals surface area contributed by atoms with Gasteiger partial charge in [0, 0.05) is 31.7 Å². The zero-order valence-electron chi connectivity index (χ0n) is 15.6. The minimum atomic E-state index is -0.336. The number of imidazole rings is 1. The molecule has 3 N–H and O–H groups in total. The molecule has 1 aromatic carbocycles. The van der Waals surface area contributed by atoms with Gasteiger partial charge in [0.05, 0.1) is 30.5 Å². The Kier molecular flexibility index (Phi) is 5.13. The lowest BCUT2D eigenvalue weighted by molar-refractivity contribution is -0.134. The molecule has 0 atom stereocenters. The number of aromatic nitrogens is 2. The predicted molar refractivity (Wildman–Crippen MR) is 101 cm³/mol. The van der Waals surface area contributed by atoms with Crippen LogP contribution in [0.3, 0.4) is 0 Å². The van der Waals surface area contributed by atoms with Crippen molar-refractivity contribution in [1.29, 1.82) is 0 Å². The maximum absolute atomic E-state index is 12.9. The standard InChI is InChI=1S/C20H24FN5O2/c21-15-3-1-14(2-4-15)11-17(27)22-12-18(28)26-9-6-20(7-10-26)19-16(5-8-25-20)23-13-24-19/h1-4,13,25H,5-12H2,(H,22,27)(H,23,24). The minimum absolute atomic E-state index is 0.0197. The fraction of sp³-hybridized carbons (Fsp3) is 0.450. The number of nitrogens with zero attached hydrogens (tertiary/aromatic N) is 2. The van der Waals surface area contributed by atoms with E-state index in [0.717, 1.165) is 31.5 Å². The monoisotopic (exact) mass is 385 g/mol. The molecular formula is C20H24FN5O2. The molecule has 28 heavy (non-hydrogen) atoms. The summed E-state index contributed by atoms with van der Waals surface area (Å²) >= 11 is 0. The van der Waals surface area contributed by atoms with Gasteiger partial charge >= 0.3 is 0 Å². The second-order valence-corrected chi connectivity index (χ2v) is 7.45. The molecule has 0 saturated carbocycles. The lowest BCUT2D eigenvalue weighted by Gasteiger charge is -2.44. The maximum Gasteiger partial charge on any atom is 0.241 e. The molecule has 2 amide bonds. The highest BCUT2D eigenvalue weighted by Gasteiger charge is 2.41. The molecule has 1 fully saturated rings. The molecule has 1 aromatic heterocycles. The summed E-state index contributed by atoms with van der Waals surface area (Å²) in [5, 5.41) is 6.27. The molecule has 0 unspecified atom stereocenters. The lowest BCUT2D eigenvalue weighted by Crippen LogP contribution is -2.56. The van der Waals surface area contributed by atoms with E-state index >= 15 is 0 Å². The Morgan fingerprint density at radius 3 is 2.71 bits per heavy atom. The van der Waals surface area contributed by atoms with E-state index in [0.29, 0.717) is 18.7 Å². The summed E-state index contributed by atoms with van der Waals surface area (Å²) in [5.74, 6) is -0.666. The van der Waals surface area contributed by atoms with Crippen LogP contribution in [0.2, 0.25) is 0 Å². The van der Waals surface area contributed by atoms with Gasteiger partial charge in [0.15, 0.2) is 0 Å². The fourth-order valence-electron chi connectivity index (χ4n) is 4.12. The van der Waals surface area contributed by atoms with Gasteiger partial charge in [0.1, 0.15) is 5.82 Å². The summed E-state index contributed by atoms with van der Waals surface area (Å²) in [5.41, 5.74) is 2.82. The van der Waals surface area contributed by atoms with Crippen molar-refractivity contribution in [2.24, 2.45) is 0 Å². The third-order valence-corrected chi connectivity index (χ3v) is 5.69. The highest BCUT2D eigenvalue weighted by molar-refractivity contribution is 5.85. The molecule has 148 valence electrons. The number of piperidine rings is 1. The summed E-state index contributed by atoms with van der Waals surface area (Å²) in [6.45, 7) is 2.15.